The number of nitrogens with one attached hydrogen (secondary N) is 1. The molecule has 2 atom stereocenters. The van der Waals surface area contributed by atoms with Gasteiger partial charge in [0.25, 0.3) is 0 Å². The molecule has 2 aliphatic rings. The molecule has 0 aromatic heterocycles. The van der Waals surface area contributed by atoms with E-state index in [-0.39, 0.29) is 18.4 Å². The highest BCUT2D eigenvalue weighted by Gasteiger charge is 2.45. The number of hydrogen-bond donors (Lipinski definition) is 1. The Balaban J connectivity index is 1.82. The molecule has 1 saturated heterocycles. The standard InChI is InChI=1S/C16H20N2O2/c1-3-16(2)15(20)17-9-14(19)18(16)10-12-8-11-6-4-5-7-13(11)12/h4-7,12H,3,8-10H2,1-2H3,(H,17,20). The van der Waals surface area contributed by atoms with E-state index < -0.39 is 5.54 Å². The highest BCUT2D eigenvalue weighted by molar-refractivity contribution is 5.97. The lowest BCUT2D eigenvalue weighted by atomic mass is 9.76. The molecule has 106 valence electrons. The smallest absolute Gasteiger partial charge is 0.246 e. The molecule has 0 bridgehead atoms. The van der Waals surface area contributed by atoms with Gasteiger partial charge in [0.2, 0.25) is 11.8 Å². The van der Waals surface area contributed by atoms with Crippen LogP contribution in [0.1, 0.15) is 37.3 Å². The molecule has 1 heterocycles. The summed E-state index contributed by atoms with van der Waals surface area (Å²) in [6.07, 6.45) is 1.64. The first kappa shape index (κ1) is 13.2. The summed E-state index contributed by atoms with van der Waals surface area (Å²) in [5, 5.41) is 2.70. The minimum Gasteiger partial charge on any atom is -0.345 e. The zero-order valence-corrected chi connectivity index (χ0v) is 12.0. The van der Waals surface area contributed by atoms with Crippen molar-refractivity contribution < 1.29 is 9.59 Å². The number of amides is 2. The van der Waals surface area contributed by atoms with Crippen LogP contribution in [0.2, 0.25) is 0 Å². The van der Waals surface area contributed by atoms with Gasteiger partial charge in [0, 0.05) is 12.5 Å². The van der Waals surface area contributed by atoms with Gasteiger partial charge in [-0.15, -0.1) is 0 Å². The third-order valence-electron chi connectivity index (χ3n) is 4.84. The Bertz CT molecular complexity index is 569. The lowest BCUT2D eigenvalue weighted by Gasteiger charge is -2.46. The van der Waals surface area contributed by atoms with Gasteiger partial charge in [0.15, 0.2) is 0 Å². The van der Waals surface area contributed by atoms with Crippen molar-refractivity contribution in [3.8, 4) is 0 Å². The number of hydrogen-bond acceptors (Lipinski definition) is 2. The molecule has 1 N–H and O–H groups in total. The molecule has 1 aliphatic carbocycles. The van der Waals surface area contributed by atoms with Crippen molar-refractivity contribution >= 4 is 11.8 Å². The van der Waals surface area contributed by atoms with Crippen molar-refractivity contribution in [2.45, 2.75) is 38.1 Å². The Kier molecular flexibility index (Phi) is 3.04. The zero-order chi connectivity index (χ0) is 14.3. The number of fused-ring (bicyclic) bond motifs is 1. The van der Waals surface area contributed by atoms with Crippen molar-refractivity contribution in [2.75, 3.05) is 13.1 Å². The van der Waals surface area contributed by atoms with Gasteiger partial charge in [0.1, 0.15) is 5.54 Å². The highest BCUT2D eigenvalue weighted by atomic mass is 16.2. The van der Waals surface area contributed by atoms with Crippen LogP contribution < -0.4 is 5.32 Å². The quantitative estimate of drug-likeness (QED) is 0.905. The van der Waals surface area contributed by atoms with E-state index in [1.165, 1.54) is 11.1 Å². The van der Waals surface area contributed by atoms with Gasteiger partial charge in [-0.25, -0.2) is 0 Å². The van der Waals surface area contributed by atoms with Gasteiger partial charge < -0.3 is 10.2 Å². The molecule has 0 spiro atoms. The molecule has 4 heteroatoms. The molecule has 2 unspecified atom stereocenters. The summed E-state index contributed by atoms with van der Waals surface area (Å²) in [4.78, 5) is 26.1. The molecule has 0 saturated carbocycles. The van der Waals surface area contributed by atoms with E-state index in [1.807, 2.05) is 26.0 Å². The Morgan fingerprint density at radius 3 is 2.80 bits per heavy atom. The van der Waals surface area contributed by atoms with E-state index in [9.17, 15) is 9.59 Å². The van der Waals surface area contributed by atoms with Crippen LogP contribution in [0.4, 0.5) is 0 Å². The summed E-state index contributed by atoms with van der Waals surface area (Å²) >= 11 is 0. The minimum atomic E-state index is -0.708. The first-order chi connectivity index (χ1) is 9.56. The highest BCUT2D eigenvalue weighted by Crippen LogP contribution is 2.37. The second-order valence-electron chi connectivity index (χ2n) is 5.91. The third-order valence-corrected chi connectivity index (χ3v) is 4.84. The van der Waals surface area contributed by atoms with Crippen LogP contribution in [0.25, 0.3) is 0 Å². The molecular formula is C16H20N2O2. The van der Waals surface area contributed by atoms with Crippen LogP contribution in [-0.4, -0.2) is 35.3 Å². The monoisotopic (exact) mass is 272 g/mol. The molecule has 3 rings (SSSR count). The summed E-state index contributed by atoms with van der Waals surface area (Å²) < 4.78 is 0. The van der Waals surface area contributed by atoms with Crippen LogP contribution in [0.15, 0.2) is 24.3 Å². The Hall–Kier alpha value is -1.84. The van der Waals surface area contributed by atoms with Crippen LogP contribution in [-0.2, 0) is 16.0 Å². The van der Waals surface area contributed by atoms with Crippen molar-refractivity contribution in [1.29, 1.82) is 0 Å². The summed E-state index contributed by atoms with van der Waals surface area (Å²) in [6.45, 7) is 4.60. The first-order valence-corrected chi connectivity index (χ1v) is 7.23. The number of nitrogens with zero attached hydrogens (tertiary/aromatic N) is 1. The van der Waals surface area contributed by atoms with E-state index >= 15 is 0 Å². The van der Waals surface area contributed by atoms with Crippen LogP contribution in [0, 0.1) is 0 Å². The molecule has 1 aromatic carbocycles. The SMILES string of the molecule is CCC1(C)C(=O)NCC(=O)N1CC1Cc2ccccc21. The van der Waals surface area contributed by atoms with Crippen LogP contribution >= 0.6 is 0 Å². The fourth-order valence-electron chi connectivity index (χ4n) is 3.24. The van der Waals surface area contributed by atoms with E-state index in [1.54, 1.807) is 4.90 Å². The number of rotatable bonds is 3. The Morgan fingerprint density at radius 1 is 1.35 bits per heavy atom. The van der Waals surface area contributed by atoms with Crippen LogP contribution in [0.3, 0.4) is 0 Å². The molecule has 1 aromatic rings. The van der Waals surface area contributed by atoms with Gasteiger partial charge in [-0.2, -0.15) is 0 Å². The second-order valence-corrected chi connectivity index (χ2v) is 5.91. The first-order valence-electron chi connectivity index (χ1n) is 7.23. The summed E-state index contributed by atoms with van der Waals surface area (Å²) in [7, 11) is 0. The van der Waals surface area contributed by atoms with E-state index in [0.29, 0.717) is 18.9 Å². The fourth-order valence-corrected chi connectivity index (χ4v) is 3.24. The number of benzene rings is 1. The van der Waals surface area contributed by atoms with E-state index in [4.69, 9.17) is 0 Å². The molecule has 20 heavy (non-hydrogen) atoms. The maximum Gasteiger partial charge on any atom is 0.246 e. The van der Waals surface area contributed by atoms with Gasteiger partial charge in [-0.1, -0.05) is 31.2 Å². The van der Waals surface area contributed by atoms with E-state index in [0.717, 1.165) is 6.42 Å². The number of piperazine rings is 1. The second kappa shape index (κ2) is 4.62. The number of carbonyl (C=O) groups is 2. The molecule has 2 amide bonds. The summed E-state index contributed by atoms with van der Waals surface area (Å²) in [5.41, 5.74) is 1.98. The average molecular weight is 272 g/mol. The minimum absolute atomic E-state index is 0.0262. The average Bonchev–Trinajstić information content (AvgIpc) is 2.43. The summed E-state index contributed by atoms with van der Waals surface area (Å²) in [6, 6.07) is 8.34. The zero-order valence-electron chi connectivity index (χ0n) is 12.0. The Labute approximate surface area is 119 Å². The molecule has 1 aliphatic heterocycles. The number of carbonyl (C=O) groups excluding carboxylic acids is 2. The molecule has 0 radical (unpaired) electrons. The molecular weight excluding hydrogens is 252 g/mol. The third kappa shape index (κ3) is 1.82. The predicted molar refractivity (Wildman–Crippen MR) is 76.3 cm³/mol. The van der Waals surface area contributed by atoms with Crippen molar-refractivity contribution in [3.05, 3.63) is 35.4 Å². The predicted octanol–water partition coefficient (Wildman–Crippen LogP) is 1.45. The van der Waals surface area contributed by atoms with Gasteiger partial charge in [-0.05, 0) is 30.9 Å². The Morgan fingerprint density at radius 2 is 2.10 bits per heavy atom. The van der Waals surface area contributed by atoms with Crippen LogP contribution in [0.5, 0.6) is 0 Å². The maximum absolute atomic E-state index is 12.2. The molecule has 1 fully saturated rings. The maximum atomic E-state index is 12.2. The summed E-state index contributed by atoms with van der Waals surface area (Å²) in [5.74, 6) is 0.359. The van der Waals surface area contributed by atoms with Gasteiger partial charge in [0.05, 0.1) is 6.54 Å². The van der Waals surface area contributed by atoms with Gasteiger partial charge >= 0.3 is 0 Å². The van der Waals surface area contributed by atoms with Crippen molar-refractivity contribution in [1.82, 2.24) is 10.2 Å². The largest absolute Gasteiger partial charge is 0.345 e. The van der Waals surface area contributed by atoms with Crippen molar-refractivity contribution in [3.63, 3.8) is 0 Å². The molecule has 4 nitrogen and oxygen atoms in total. The lowest BCUT2D eigenvalue weighted by molar-refractivity contribution is -0.153. The fraction of sp³-hybridized carbons (Fsp3) is 0.500. The van der Waals surface area contributed by atoms with Crippen molar-refractivity contribution in [2.24, 2.45) is 0 Å². The normalized spacial score (nSPS) is 28.7. The lowest BCUT2D eigenvalue weighted by Crippen LogP contribution is -2.66. The van der Waals surface area contributed by atoms with E-state index in [2.05, 4.69) is 17.4 Å². The van der Waals surface area contributed by atoms with Gasteiger partial charge in [-0.3, -0.25) is 9.59 Å². The topological polar surface area (TPSA) is 49.4 Å².